The average Bonchev–Trinajstić information content (AvgIpc) is 2.67. The van der Waals surface area contributed by atoms with Crippen molar-refractivity contribution in [3.05, 3.63) is 21.9 Å². The minimum Gasteiger partial charge on any atom is -0.395 e. The molecule has 1 rings (SSSR count). The van der Waals surface area contributed by atoms with Crippen LogP contribution in [-0.4, -0.2) is 48.0 Å². The molecule has 0 aliphatic carbocycles. The Bertz CT molecular complexity index is 298. The van der Waals surface area contributed by atoms with E-state index >= 15 is 0 Å². The topological polar surface area (TPSA) is 69.7 Å². The molecule has 16 heavy (non-hydrogen) atoms. The van der Waals surface area contributed by atoms with Crippen molar-refractivity contribution in [1.29, 1.82) is 0 Å². The van der Waals surface area contributed by atoms with Gasteiger partial charge in [-0.3, -0.25) is 4.90 Å². The molecular weight excluding hydrogens is 224 g/mol. The van der Waals surface area contributed by atoms with E-state index in [0.717, 1.165) is 0 Å². The van der Waals surface area contributed by atoms with Crippen LogP contribution in [-0.2, 0) is 0 Å². The van der Waals surface area contributed by atoms with Crippen LogP contribution in [0.4, 0.5) is 0 Å². The quantitative estimate of drug-likeness (QED) is 0.647. The highest BCUT2D eigenvalue weighted by atomic mass is 32.1. The monoisotopic (exact) mass is 244 g/mol. The van der Waals surface area contributed by atoms with E-state index in [1.165, 1.54) is 9.75 Å². The molecule has 0 aliphatic rings. The highest BCUT2D eigenvalue weighted by Gasteiger charge is 2.19. The Hall–Kier alpha value is -0.460. The molecule has 0 aliphatic heterocycles. The fourth-order valence-corrected chi connectivity index (χ4v) is 2.78. The SMILES string of the molecule is Cc1ccc(C(CN)N(CCO)CCO)s1. The van der Waals surface area contributed by atoms with Gasteiger partial charge in [0.2, 0.25) is 0 Å². The molecule has 1 heterocycles. The molecule has 0 radical (unpaired) electrons. The molecule has 92 valence electrons. The fourth-order valence-electron chi connectivity index (χ4n) is 1.76. The Morgan fingerprint density at radius 3 is 2.31 bits per heavy atom. The second kappa shape index (κ2) is 6.98. The third kappa shape index (κ3) is 3.54. The van der Waals surface area contributed by atoms with Gasteiger partial charge in [-0.05, 0) is 19.1 Å². The molecule has 1 unspecified atom stereocenters. The van der Waals surface area contributed by atoms with Crippen molar-refractivity contribution in [2.45, 2.75) is 13.0 Å². The minimum absolute atomic E-state index is 0.0842. The third-order valence-corrected chi connectivity index (χ3v) is 3.63. The second-order valence-corrected chi connectivity index (χ2v) is 5.00. The van der Waals surface area contributed by atoms with Crippen molar-refractivity contribution >= 4 is 11.3 Å². The van der Waals surface area contributed by atoms with Crippen molar-refractivity contribution in [3.63, 3.8) is 0 Å². The zero-order chi connectivity index (χ0) is 12.0. The van der Waals surface area contributed by atoms with Gasteiger partial charge in [-0.25, -0.2) is 0 Å². The van der Waals surface area contributed by atoms with Crippen molar-refractivity contribution in [1.82, 2.24) is 4.90 Å². The van der Waals surface area contributed by atoms with Crippen LogP contribution in [0.15, 0.2) is 12.1 Å². The van der Waals surface area contributed by atoms with Gasteiger partial charge >= 0.3 is 0 Å². The van der Waals surface area contributed by atoms with Crippen molar-refractivity contribution in [2.75, 3.05) is 32.8 Å². The molecule has 0 aromatic carbocycles. The van der Waals surface area contributed by atoms with Crippen molar-refractivity contribution < 1.29 is 10.2 Å². The van der Waals surface area contributed by atoms with Crippen LogP contribution >= 0.6 is 11.3 Å². The number of rotatable bonds is 7. The van der Waals surface area contributed by atoms with E-state index in [2.05, 4.69) is 19.1 Å². The maximum Gasteiger partial charge on any atom is 0.0566 e. The molecule has 0 fully saturated rings. The second-order valence-electron chi connectivity index (χ2n) is 3.68. The van der Waals surface area contributed by atoms with Gasteiger partial charge in [0.1, 0.15) is 0 Å². The molecule has 1 atom stereocenters. The first kappa shape index (κ1) is 13.6. The summed E-state index contributed by atoms with van der Waals surface area (Å²) >= 11 is 1.72. The molecule has 4 N–H and O–H groups in total. The molecule has 4 nitrogen and oxygen atoms in total. The first-order valence-electron chi connectivity index (χ1n) is 5.45. The number of aryl methyl sites for hydroxylation is 1. The Balaban J connectivity index is 2.76. The van der Waals surface area contributed by atoms with Gasteiger partial charge in [-0.1, -0.05) is 0 Å². The van der Waals surface area contributed by atoms with Gasteiger partial charge in [-0.2, -0.15) is 0 Å². The average molecular weight is 244 g/mol. The van der Waals surface area contributed by atoms with Crippen LogP contribution in [0.25, 0.3) is 0 Å². The van der Waals surface area contributed by atoms with E-state index in [1.807, 2.05) is 4.90 Å². The lowest BCUT2D eigenvalue weighted by Gasteiger charge is -2.28. The number of nitrogens with two attached hydrogens (primary N) is 1. The van der Waals surface area contributed by atoms with Crippen LogP contribution < -0.4 is 5.73 Å². The highest BCUT2D eigenvalue weighted by Crippen LogP contribution is 2.26. The number of aliphatic hydroxyl groups excluding tert-OH is 2. The van der Waals surface area contributed by atoms with E-state index in [4.69, 9.17) is 15.9 Å². The molecule has 5 heteroatoms. The van der Waals surface area contributed by atoms with Gasteiger partial charge in [0.15, 0.2) is 0 Å². The summed E-state index contributed by atoms with van der Waals surface area (Å²) < 4.78 is 0. The molecule has 0 bridgehead atoms. The van der Waals surface area contributed by atoms with E-state index in [1.54, 1.807) is 11.3 Å². The zero-order valence-corrected chi connectivity index (χ0v) is 10.4. The molecule has 0 saturated carbocycles. The highest BCUT2D eigenvalue weighted by molar-refractivity contribution is 7.12. The molecular formula is C11H20N2O2S. The summed E-state index contributed by atoms with van der Waals surface area (Å²) in [7, 11) is 0. The maximum atomic E-state index is 9.00. The van der Waals surface area contributed by atoms with Gasteiger partial charge < -0.3 is 15.9 Å². The summed E-state index contributed by atoms with van der Waals surface area (Å²) in [6.45, 7) is 3.81. The van der Waals surface area contributed by atoms with Crippen molar-refractivity contribution in [2.24, 2.45) is 5.73 Å². The molecule has 1 aromatic heterocycles. The van der Waals surface area contributed by atoms with E-state index < -0.39 is 0 Å². The fraction of sp³-hybridized carbons (Fsp3) is 0.636. The van der Waals surface area contributed by atoms with Crippen LogP contribution in [0.1, 0.15) is 15.8 Å². The smallest absolute Gasteiger partial charge is 0.0566 e. The summed E-state index contributed by atoms with van der Waals surface area (Å²) in [5.74, 6) is 0. The first-order valence-corrected chi connectivity index (χ1v) is 6.26. The summed E-state index contributed by atoms with van der Waals surface area (Å²) in [5.41, 5.74) is 5.78. The number of hydrogen-bond acceptors (Lipinski definition) is 5. The molecule has 0 spiro atoms. The molecule has 0 saturated heterocycles. The molecule has 1 aromatic rings. The number of nitrogens with zero attached hydrogens (tertiary/aromatic N) is 1. The minimum atomic E-state index is 0.0842. The first-order chi connectivity index (χ1) is 7.72. The van der Waals surface area contributed by atoms with Crippen LogP contribution in [0.2, 0.25) is 0 Å². The van der Waals surface area contributed by atoms with Gasteiger partial charge in [-0.15, -0.1) is 11.3 Å². The van der Waals surface area contributed by atoms with Gasteiger partial charge in [0, 0.05) is 29.4 Å². The lowest BCUT2D eigenvalue weighted by Crippen LogP contribution is -2.37. The summed E-state index contributed by atoms with van der Waals surface area (Å²) in [6, 6.07) is 4.23. The van der Waals surface area contributed by atoms with Crippen LogP contribution in [0, 0.1) is 6.92 Å². The summed E-state index contributed by atoms with van der Waals surface area (Å²) in [6.07, 6.45) is 0. The molecule has 0 amide bonds. The van der Waals surface area contributed by atoms with E-state index in [0.29, 0.717) is 19.6 Å². The predicted octanol–water partition coefficient (Wildman–Crippen LogP) is 0.343. The summed E-state index contributed by atoms with van der Waals surface area (Å²) in [5, 5.41) is 18.0. The van der Waals surface area contributed by atoms with Crippen LogP contribution in [0.3, 0.4) is 0 Å². The normalized spacial score (nSPS) is 13.3. The standard InChI is InChI=1S/C11H20N2O2S/c1-9-2-3-11(16-9)10(8-12)13(4-6-14)5-7-15/h2-3,10,14-15H,4-8,12H2,1H3. The van der Waals surface area contributed by atoms with E-state index in [9.17, 15) is 0 Å². The Morgan fingerprint density at radius 2 is 1.94 bits per heavy atom. The Morgan fingerprint density at radius 1 is 1.31 bits per heavy atom. The van der Waals surface area contributed by atoms with Gasteiger partial charge in [0.25, 0.3) is 0 Å². The summed E-state index contributed by atoms with van der Waals surface area (Å²) in [4.78, 5) is 4.47. The van der Waals surface area contributed by atoms with Crippen molar-refractivity contribution in [3.8, 4) is 0 Å². The van der Waals surface area contributed by atoms with E-state index in [-0.39, 0.29) is 19.3 Å². The largest absolute Gasteiger partial charge is 0.395 e. The number of aliphatic hydroxyl groups is 2. The Labute approximate surface area is 100 Å². The predicted molar refractivity (Wildman–Crippen MR) is 66.6 cm³/mol. The maximum absolute atomic E-state index is 9.00. The number of hydrogen-bond donors (Lipinski definition) is 3. The lowest BCUT2D eigenvalue weighted by molar-refractivity contribution is 0.126. The third-order valence-electron chi connectivity index (χ3n) is 2.53. The zero-order valence-electron chi connectivity index (χ0n) is 9.59. The number of thiophene rings is 1. The van der Waals surface area contributed by atoms with Crippen LogP contribution in [0.5, 0.6) is 0 Å². The Kier molecular flexibility index (Phi) is 5.94. The lowest BCUT2D eigenvalue weighted by atomic mass is 10.2. The van der Waals surface area contributed by atoms with Gasteiger partial charge in [0.05, 0.1) is 19.3 Å².